The fraction of sp³-hybridized carbons (Fsp3) is 0.735. The lowest BCUT2D eigenvalue weighted by Crippen LogP contribution is -2.61. The summed E-state index contributed by atoms with van der Waals surface area (Å²) in [5, 5.41) is 56.9. The van der Waals surface area contributed by atoms with Crippen molar-refractivity contribution in [2.75, 3.05) is 13.2 Å². The van der Waals surface area contributed by atoms with Crippen LogP contribution in [0.15, 0.2) is 97.2 Å². The number of carbonyl (C=O) groups is 2. The van der Waals surface area contributed by atoms with Gasteiger partial charge in [0, 0.05) is 6.42 Å². The summed E-state index contributed by atoms with van der Waals surface area (Å²) in [6, 6.07) is -1.06. The number of aliphatic hydroxyl groups is 5. The Labute approximate surface area is 482 Å². The minimum absolute atomic E-state index is 0.108. The molecule has 0 saturated carbocycles. The van der Waals surface area contributed by atoms with Crippen LogP contribution in [0.3, 0.4) is 0 Å². The van der Waals surface area contributed by atoms with Gasteiger partial charge in [0.05, 0.1) is 25.4 Å². The lowest BCUT2D eigenvalue weighted by Gasteiger charge is -2.41. The molecule has 0 aromatic carbocycles. The molecule has 1 saturated heterocycles. The van der Waals surface area contributed by atoms with Gasteiger partial charge < -0.3 is 45.1 Å². The summed E-state index contributed by atoms with van der Waals surface area (Å²) in [6.45, 7) is 5.69. The second-order valence-corrected chi connectivity index (χ2v) is 21.8. The molecule has 454 valence electrons. The van der Waals surface area contributed by atoms with Gasteiger partial charge in [-0.05, 0) is 103 Å². The first-order valence-corrected chi connectivity index (χ1v) is 32.0. The molecule has 8 atom stereocenters. The first kappa shape index (κ1) is 73.6. The molecule has 6 N–H and O–H groups in total. The molecule has 1 aliphatic rings. The molecule has 0 aliphatic carbocycles. The van der Waals surface area contributed by atoms with Gasteiger partial charge in [-0.25, -0.2) is 0 Å². The van der Waals surface area contributed by atoms with Gasteiger partial charge in [0.2, 0.25) is 5.91 Å². The highest BCUT2D eigenvalue weighted by atomic mass is 16.7. The first-order valence-electron chi connectivity index (χ1n) is 32.0. The van der Waals surface area contributed by atoms with Crippen LogP contribution in [-0.2, 0) is 23.8 Å². The summed E-state index contributed by atoms with van der Waals surface area (Å²) in [6.07, 6.45) is 63.1. The van der Waals surface area contributed by atoms with Gasteiger partial charge in [-0.15, -0.1) is 0 Å². The Morgan fingerprint density at radius 2 is 0.873 bits per heavy atom. The fourth-order valence-electron chi connectivity index (χ4n) is 9.35. The molecule has 1 fully saturated rings. The molecule has 1 heterocycles. The zero-order valence-electron chi connectivity index (χ0n) is 50.2. The molecule has 8 unspecified atom stereocenters. The van der Waals surface area contributed by atoms with Gasteiger partial charge in [0.25, 0.3) is 0 Å². The van der Waals surface area contributed by atoms with Crippen LogP contribution in [0.1, 0.15) is 258 Å². The average Bonchev–Trinajstić information content (AvgIpc) is 3.45. The predicted octanol–water partition coefficient (Wildman–Crippen LogP) is 15.5. The SMILES string of the molecule is CCCCC/C=C\C/C=C\C/C=C\C/C=C\CCC(O)C(=O)NC(COC1OC(CO)C(O)C(O)C1OC(=O)CCCCCCCCCCCC/C=C\C/C=C\C/C=C\CCCCC)C(O)/C=C/CCCCCCCCCCC. The fourth-order valence-corrected chi connectivity index (χ4v) is 9.35. The second kappa shape index (κ2) is 55.1. The Morgan fingerprint density at radius 3 is 1.33 bits per heavy atom. The number of ether oxygens (including phenoxy) is 3. The van der Waals surface area contributed by atoms with Crippen LogP contribution in [-0.4, -0.2) is 99.6 Å². The van der Waals surface area contributed by atoms with Crippen molar-refractivity contribution in [3.8, 4) is 0 Å². The quantitative estimate of drug-likeness (QED) is 0.0195. The lowest BCUT2D eigenvalue weighted by atomic mass is 9.99. The zero-order valence-corrected chi connectivity index (χ0v) is 50.2. The summed E-state index contributed by atoms with van der Waals surface area (Å²) in [5.74, 6) is -1.26. The largest absolute Gasteiger partial charge is 0.454 e. The van der Waals surface area contributed by atoms with Crippen molar-refractivity contribution in [3.05, 3.63) is 97.2 Å². The molecule has 79 heavy (non-hydrogen) atoms. The van der Waals surface area contributed by atoms with Crippen molar-refractivity contribution in [1.29, 1.82) is 0 Å². The third kappa shape index (κ3) is 43.0. The van der Waals surface area contributed by atoms with Crippen LogP contribution in [0, 0.1) is 0 Å². The van der Waals surface area contributed by atoms with E-state index in [-0.39, 0.29) is 19.4 Å². The van der Waals surface area contributed by atoms with E-state index in [1.165, 1.54) is 116 Å². The van der Waals surface area contributed by atoms with Gasteiger partial charge in [0.1, 0.15) is 24.4 Å². The number of aliphatic hydroxyl groups excluding tert-OH is 5. The van der Waals surface area contributed by atoms with Crippen molar-refractivity contribution < 1.29 is 49.3 Å². The lowest BCUT2D eigenvalue weighted by molar-refractivity contribution is -0.305. The summed E-state index contributed by atoms with van der Waals surface area (Å²) in [7, 11) is 0. The van der Waals surface area contributed by atoms with E-state index in [9.17, 15) is 35.1 Å². The molecule has 0 spiro atoms. The molecule has 11 nitrogen and oxygen atoms in total. The highest BCUT2D eigenvalue weighted by Crippen LogP contribution is 2.26. The smallest absolute Gasteiger partial charge is 0.306 e. The molecular formula is C68H117NO10. The van der Waals surface area contributed by atoms with Crippen LogP contribution in [0.4, 0.5) is 0 Å². The van der Waals surface area contributed by atoms with E-state index in [1.807, 2.05) is 18.2 Å². The van der Waals surface area contributed by atoms with Crippen LogP contribution in [0.25, 0.3) is 0 Å². The van der Waals surface area contributed by atoms with E-state index in [0.717, 1.165) is 96.3 Å². The Morgan fingerprint density at radius 1 is 0.494 bits per heavy atom. The number of hydrogen-bond donors (Lipinski definition) is 6. The first-order chi connectivity index (χ1) is 38.7. The van der Waals surface area contributed by atoms with Gasteiger partial charge in [-0.3, -0.25) is 9.59 Å². The third-order valence-corrected chi connectivity index (χ3v) is 14.5. The molecule has 11 heteroatoms. The van der Waals surface area contributed by atoms with Crippen molar-refractivity contribution in [2.45, 2.75) is 307 Å². The standard InChI is InChI=1S/C68H117NO10/c1-4-7-10-13-16-19-22-24-26-28-29-30-31-32-33-34-36-38-41-44-47-50-53-56-63(73)79-66-65(75)64(74)62(57-70)78-68(66)77-58-59(60(71)54-51-48-45-42-39-21-18-15-12-9-6-3)69-67(76)61(72)55-52-49-46-43-40-37-35-27-25-23-20-17-14-11-8-5-2/h16-17,19-20,24-27,29-30,37,40,46,49,51,54,59-62,64-66,68,70-72,74-75H,4-15,18,21-23,28,31-36,38-39,41-45,47-48,50,52-53,55-58H2,1-3H3,(H,69,76)/b19-16-,20-17-,26-24-,27-25-,30-29-,40-37-,49-46-,54-51+. The number of hydrogen-bond acceptors (Lipinski definition) is 10. The Hall–Kier alpha value is -3.42. The van der Waals surface area contributed by atoms with Crippen molar-refractivity contribution in [3.63, 3.8) is 0 Å². The number of unbranched alkanes of at least 4 members (excludes halogenated alkanes) is 25. The average molecular weight is 1110 g/mol. The van der Waals surface area contributed by atoms with E-state index >= 15 is 0 Å². The van der Waals surface area contributed by atoms with E-state index in [0.29, 0.717) is 12.8 Å². The normalized spacial score (nSPS) is 19.5. The van der Waals surface area contributed by atoms with Crippen molar-refractivity contribution >= 4 is 11.9 Å². The Balaban J connectivity index is 2.66. The molecule has 0 aromatic rings. The second-order valence-electron chi connectivity index (χ2n) is 21.8. The molecule has 0 radical (unpaired) electrons. The van der Waals surface area contributed by atoms with Gasteiger partial charge >= 0.3 is 5.97 Å². The highest BCUT2D eigenvalue weighted by molar-refractivity contribution is 5.80. The van der Waals surface area contributed by atoms with Crippen LogP contribution >= 0.6 is 0 Å². The van der Waals surface area contributed by atoms with E-state index in [1.54, 1.807) is 6.08 Å². The van der Waals surface area contributed by atoms with E-state index in [4.69, 9.17) is 14.2 Å². The van der Waals surface area contributed by atoms with Crippen molar-refractivity contribution in [2.24, 2.45) is 0 Å². The molecule has 0 aromatic heterocycles. The van der Waals surface area contributed by atoms with Crippen LogP contribution < -0.4 is 5.32 Å². The number of rotatable bonds is 53. The van der Waals surface area contributed by atoms with E-state index < -0.39 is 67.4 Å². The predicted molar refractivity (Wildman–Crippen MR) is 329 cm³/mol. The van der Waals surface area contributed by atoms with E-state index in [2.05, 4.69) is 99.0 Å². The number of nitrogens with one attached hydrogen (secondary N) is 1. The number of carbonyl (C=O) groups excluding carboxylic acids is 2. The third-order valence-electron chi connectivity index (χ3n) is 14.5. The summed E-state index contributed by atoms with van der Waals surface area (Å²) >= 11 is 0. The minimum atomic E-state index is -1.63. The topological polar surface area (TPSA) is 175 Å². The molecular weight excluding hydrogens is 991 g/mol. The Bertz CT molecular complexity index is 1650. The Kier molecular flexibility index (Phi) is 51.4. The molecule has 1 amide bonds. The summed E-state index contributed by atoms with van der Waals surface area (Å²) < 4.78 is 17.6. The highest BCUT2D eigenvalue weighted by Gasteiger charge is 2.47. The number of esters is 1. The number of amides is 1. The molecule has 1 rings (SSSR count). The summed E-state index contributed by atoms with van der Waals surface area (Å²) in [4.78, 5) is 26.5. The van der Waals surface area contributed by atoms with Crippen molar-refractivity contribution in [1.82, 2.24) is 5.32 Å². The molecule has 0 bridgehead atoms. The maximum absolute atomic E-state index is 13.4. The van der Waals surface area contributed by atoms with Gasteiger partial charge in [-0.2, -0.15) is 0 Å². The molecule has 1 aliphatic heterocycles. The maximum Gasteiger partial charge on any atom is 0.306 e. The van der Waals surface area contributed by atoms with Gasteiger partial charge in [-0.1, -0.05) is 246 Å². The number of allylic oxidation sites excluding steroid dienone is 15. The van der Waals surface area contributed by atoms with Crippen LogP contribution in [0.2, 0.25) is 0 Å². The minimum Gasteiger partial charge on any atom is -0.454 e. The maximum atomic E-state index is 13.4. The zero-order chi connectivity index (χ0) is 57.5. The van der Waals surface area contributed by atoms with Gasteiger partial charge in [0.15, 0.2) is 12.4 Å². The summed E-state index contributed by atoms with van der Waals surface area (Å²) in [5.41, 5.74) is 0. The van der Waals surface area contributed by atoms with Crippen LogP contribution in [0.5, 0.6) is 0 Å². The monoisotopic (exact) mass is 1110 g/mol.